The fourth-order valence-electron chi connectivity index (χ4n) is 1.88. The van der Waals surface area contributed by atoms with E-state index in [1.807, 2.05) is 0 Å². The summed E-state index contributed by atoms with van der Waals surface area (Å²) in [7, 11) is 0. The Balaban J connectivity index is 0.00000112. The molecule has 0 heterocycles. The summed E-state index contributed by atoms with van der Waals surface area (Å²) in [6.07, 6.45) is 0. The zero-order valence-corrected chi connectivity index (χ0v) is 12.0. The number of benzene rings is 2. The molecule has 0 atom stereocenters. The second-order valence-corrected chi connectivity index (χ2v) is 4.78. The van der Waals surface area contributed by atoms with E-state index in [0.717, 1.165) is 0 Å². The summed E-state index contributed by atoms with van der Waals surface area (Å²) < 4.78 is 0. The molecular formula is C14H16Na. The van der Waals surface area contributed by atoms with Crippen molar-refractivity contribution >= 4 is 40.3 Å². The van der Waals surface area contributed by atoms with Crippen molar-refractivity contribution in [3.63, 3.8) is 0 Å². The van der Waals surface area contributed by atoms with E-state index in [1.165, 1.54) is 16.3 Å². The van der Waals surface area contributed by atoms with Crippen LogP contribution in [0.25, 0.3) is 10.8 Å². The van der Waals surface area contributed by atoms with Crippen LogP contribution in [0.4, 0.5) is 0 Å². The summed E-state index contributed by atoms with van der Waals surface area (Å²) in [5.74, 6) is 0. The van der Waals surface area contributed by atoms with Gasteiger partial charge < -0.3 is 0 Å². The maximum Gasteiger partial charge on any atom is 0 e. The molecule has 0 aliphatic carbocycles. The Hall–Kier alpha value is -0.300. The largest absolute Gasteiger partial charge is 0.0616 e. The molecule has 0 aromatic heterocycles. The Morgan fingerprint density at radius 2 is 1.40 bits per heavy atom. The molecule has 0 nitrogen and oxygen atoms in total. The molecule has 15 heavy (non-hydrogen) atoms. The van der Waals surface area contributed by atoms with Crippen molar-refractivity contribution in [1.29, 1.82) is 0 Å². The first-order valence-corrected chi connectivity index (χ1v) is 5.07. The Morgan fingerprint density at radius 3 is 2.07 bits per heavy atom. The third kappa shape index (κ3) is 2.63. The van der Waals surface area contributed by atoms with Gasteiger partial charge in [0.05, 0.1) is 0 Å². The van der Waals surface area contributed by atoms with E-state index in [9.17, 15) is 0 Å². The van der Waals surface area contributed by atoms with Gasteiger partial charge in [0.25, 0.3) is 0 Å². The van der Waals surface area contributed by atoms with Crippen LogP contribution >= 0.6 is 0 Å². The molecule has 0 amide bonds. The minimum Gasteiger partial charge on any atom is -0.0616 e. The molecule has 0 saturated carbocycles. The van der Waals surface area contributed by atoms with Crippen molar-refractivity contribution in [2.45, 2.75) is 26.2 Å². The topological polar surface area (TPSA) is 0 Å². The molecule has 1 radical (unpaired) electrons. The molecule has 0 unspecified atom stereocenters. The van der Waals surface area contributed by atoms with Crippen molar-refractivity contribution in [3.8, 4) is 0 Å². The van der Waals surface area contributed by atoms with Gasteiger partial charge in [0, 0.05) is 29.6 Å². The maximum absolute atomic E-state index is 2.26. The minimum absolute atomic E-state index is 0. The molecule has 1 heteroatoms. The van der Waals surface area contributed by atoms with Crippen molar-refractivity contribution in [2.75, 3.05) is 0 Å². The number of fused-ring (bicyclic) bond motifs is 1. The van der Waals surface area contributed by atoms with E-state index in [-0.39, 0.29) is 35.0 Å². The molecule has 0 aliphatic rings. The number of hydrogen-bond acceptors (Lipinski definition) is 0. The van der Waals surface area contributed by atoms with Crippen molar-refractivity contribution in [2.24, 2.45) is 0 Å². The Bertz CT molecular complexity index is 447. The van der Waals surface area contributed by atoms with Gasteiger partial charge in [-0.25, -0.2) is 0 Å². The monoisotopic (exact) mass is 207 g/mol. The second-order valence-electron chi connectivity index (χ2n) is 4.78. The summed E-state index contributed by atoms with van der Waals surface area (Å²) in [5, 5.41) is 2.71. The molecular weight excluding hydrogens is 191 g/mol. The van der Waals surface area contributed by atoms with E-state index in [2.05, 4.69) is 63.2 Å². The molecule has 0 saturated heterocycles. The van der Waals surface area contributed by atoms with E-state index < -0.39 is 0 Å². The average Bonchev–Trinajstić information content (AvgIpc) is 2.15. The molecule has 73 valence electrons. The Morgan fingerprint density at radius 1 is 0.800 bits per heavy atom. The van der Waals surface area contributed by atoms with Gasteiger partial charge in [-0.1, -0.05) is 63.2 Å². The fraction of sp³-hybridized carbons (Fsp3) is 0.286. The van der Waals surface area contributed by atoms with E-state index in [4.69, 9.17) is 0 Å². The van der Waals surface area contributed by atoms with Crippen LogP contribution in [0.1, 0.15) is 26.3 Å². The predicted octanol–water partition coefficient (Wildman–Crippen LogP) is 3.76. The zero-order valence-electron chi connectivity index (χ0n) is 10.0. The first kappa shape index (κ1) is 12.8. The van der Waals surface area contributed by atoms with E-state index in [1.54, 1.807) is 0 Å². The number of hydrogen-bond donors (Lipinski definition) is 0. The van der Waals surface area contributed by atoms with Crippen LogP contribution < -0.4 is 0 Å². The SMILES string of the molecule is CC(C)(C)c1cccc2ccccc12.[Na]. The predicted molar refractivity (Wildman–Crippen MR) is 68.4 cm³/mol. The first-order valence-electron chi connectivity index (χ1n) is 5.07. The summed E-state index contributed by atoms with van der Waals surface area (Å²) >= 11 is 0. The van der Waals surface area contributed by atoms with Crippen molar-refractivity contribution in [1.82, 2.24) is 0 Å². The van der Waals surface area contributed by atoms with Gasteiger partial charge in [-0.2, -0.15) is 0 Å². The zero-order chi connectivity index (χ0) is 10.2. The smallest absolute Gasteiger partial charge is 0 e. The molecule has 0 spiro atoms. The van der Waals surface area contributed by atoms with Gasteiger partial charge >= 0.3 is 0 Å². The first-order chi connectivity index (χ1) is 6.59. The fourth-order valence-corrected chi connectivity index (χ4v) is 1.88. The summed E-state index contributed by atoms with van der Waals surface area (Å²) in [4.78, 5) is 0. The molecule has 0 N–H and O–H groups in total. The van der Waals surface area contributed by atoms with Gasteiger partial charge in [0.2, 0.25) is 0 Å². The molecule has 2 aromatic carbocycles. The maximum atomic E-state index is 2.26. The van der Waals surface area contributed by atoms with E-state index in [0.29, 0.717) is 0 Å². The Labute approximate surface area is 114 Å². The van der Waals surface area contributed by atoms with Gasteiger partial charge in [-0.3, -0.25) is 0 Å². The minimum atomic E-state index is 0. The Kier molecular flexibility index (Phi) is 3.99. The standard InChI is InChI=1S/C14H16.Na/c1-14(2,3)13-10-6-8-11-7-4-5-9-12(11)13;/h4-10H,1-3H3;. The van der Waals surface area contributed by atoms with Crippen LogP contribution in [0.5, 0.6) is 0 Å². The van der Waals surface area contributed by atoms with Crippen molar-refractivity contribution in [3.05, 3.63) is 48.0 Å². The average molecular weight is 207 g/mol. The summed E-state index contributed by atoms with van der Waals surface area (Å²) in [5.41, 5.74) is 1.65. The van der Waals surface area contributed by atoms with Crippen molar-refractivity contribution < 1.29 is 0 Å². The van der Waals surface area contributed by atoms with E-state index >= 15 is 0 Å². The van der Waals surface area contributed by atoms with Crippen LogP contribution in [0.3, 0.4) is 0 Å². The van der Waals surface area contributed by atoms with Gasteiger partial charge in [-0.05, 0) is 21.8 Å². The molecule has 2 aromatic rings. The second kappa shape index (κ2) is 4.69. The molecule has 0 aliphatic heterocycles. The van der Waals surface area contributed by atoms with Crippen LogP contribution in [-0.4, -0.2) is 29.6 Å². The normalized spacial score (nSPS) is 11.1. The van der Waals surface area contributed by atoms with Gasteiger partial charge in [-0.15, -0.1) is 0 Å². The van der Waals surface area contributed by atoms with Crippen LogP contribution in [0.15, 0.2) is 42.5 Å². The number of rotatable bonds is 0. The third-order valence-corrected chi connectivity index (χ3v) is 2.60. The third-order valence-electron chi connectivity index (χ3n) is 2.60. The molecule has 2 rings (SSSR count). The van der Waals surface area contributed by atoms with Crippen LogP contribution in [-0.2, 0) is 5.41 Å². The van der Waals surface area contributed by atoms with Gasteiger partial charge in [0.15, 0.2) is 0 Å². The summed E-state index contributed by atoms with van der Waals surface area (Å²) in [6.45, 7) is 6.78. The molecule has 0 bridgehead atoms. The van der Waals surface area contributed by atoms with Crippen LogP contribution in [0.2, 0.25) is 0 Å². The van der Waals surface area contributed by atoms with Gasteiger partial charge in [0.1, 0.15) is 0 Å². The van der Waals surface area contributed by atoms with Crippen LogP contribution in [0, 0.1) is 0 Å². The summed E-state index contributed by atoms with van der Waals surface area (Å²) in [6, 6.07) is 15.1. The molecule has 0 fully saturated rings. The quantitative estimate of drug-likeness (QED) is 0.577.